The minimum Gasteiger partial charge on any atom is -0.383 e. The van der Waals surface area contributed by atoms with Crippen LogP contribution in [0.2, 0.25) is 0 Å². The summed E-state index contributed by atoms with van der Waals surface area (Å²) in [6, 6.07) is 2.45. The molecule has 0 aromatic carbocycles. The number of hydrogen-bond acceptors (Lipinski definition) is 5. The van der Waals surface area contributed by atoms with Gasteiger partial charge in [-0.2, -0.15) is 11.3 Å². The van der Waals surface area contributed by atoms with E-state index < -0.39 is 0 Å². The molecular formula is C16H24N4S. The summed E-state index contributed by atoms with van der Waals surface area (Å²) in [6.07, 6.45) is 0.970. The molecule has 1 atom stereocenters. The molecule has 4 nitrogen and oxygen atoms in total. The minimum absolute atomic E-state index is 0.116. The standard InChI is InChI=1S/C16H24N4S/c1-10(8-12-6-7-21-9-12)18-14-11(2)13(17)19-15(20-14)16(3,4)5/h6-7,9-10H,8H2,1-5H3,(H3,17,18,19,20). The first-order valence-electron chi connectivity index (χ1n) is 7.19. The van der Waals surface area contributed by atoms with E-state index in [2.05, 4.69) is 59.8 Å². The average molecular weight is 304 g/mol. The van der Waals surface area contributed by atoms with Crippen LogP contribution in [0.15, 0.2) is 16.8 Å². The molecule has 0 bridgehead atoms. The molecule has 0 fully saturated rings. The second kappa shape index (κ2) is 6.02. The first kappa shape index (κ1) is 15.8. The van der Waals surface area contributed by atoms with Gasteiger partial charge in [-0.15, -0.1) is 0 Å². The lowest BCUT2D eigenvalue weighted by Gasteiger charge is -2.21. The van der Waals surface area contributed by atoms with Crippen LogP contribution in [0.3, 0.4) is 0 Å². The largest absolute Gasteiger partial charge is 0.383 e. The number of aromatic nitrogens is 2. The highest BCUT2D eigenvalue weighted by molar-refractivity contribution is 7.07. The van der Waals surface area contributed by atoms with Crippen LogP contribution < -0.4 is 11.1 Å². The van der Waals surface area contributed by atoms with Gasteiger partial charge < -0.3 is 11.1 Å². The summed E-state index contributed by atoms with van der Waals surface area (Å²) in [6.45, 7) is 10.4. The normalized spacial score (nSPS) is 13.2. The monoisotopic (exact) mass is 304 g/mol. The predicted octanol–water partition coefficient (Wildman–Crippen LogP) is 3.77. The Hall–Kier alpha value is -1.62. The number of anilines is 2. The lowest BCUT2D eigenvalue weighted by atomic mass is 9.95. The maximum absolute atomic E-state index is 6.04. The average Bonchev–Trinajstić information content (AvgIpc) is 2.86. The fourth-order valence-corrected chi connectivity index (χ4v) is 2.74. The second-order valence-electron chi connectivity index (χ2n) is 6.54. The van der Waals surface area contributed by atoms with Crippen LogP contribution in [0, 0.1) is 6.92 Å². The summed E-state index contributed by atoms with van der Waals surface area (Å²) in [5.41, 5.74) is 8.18. The van der Waals surface area contributed by atoms with Gasteiger partial charge in [0.25, 0.3) is 0 Å². The van der Waals surface area contributed by atoms with Crippen molar-refractivity contribution < 1.29 is 0 Å². The van der Waals surface area contributed by atoms with Gasteiger partial charge in [-0.1, -0.05) is 20.8 Å². The SMILES string of the molecule is Cc1c(N)nc(C(C)(C)C)nc1NC(C)Cc1ccsc1. The fraction of sp³-hybridized carbons (Fsp3) is 0.500. The lowest BCUT2D eigenvalue weighted by Crippen LogP contribution is -2.23. The molecule has 3 N–H and O–H groups in total. The molecule has 0 aliphatic rings. The molecule has 0 amide bonds. The molecule has 0 aliphatic heterocycles. The molecular weight excluding hydrogens is 280 g/mol. The zero-order valence-electron chi connectivity index (χ0n) is 13.4. The summed E-state index contributed by atoms with van der Waals surface area (Å²) in [5, 5.41) is 7.76. The topological polar surface area (TPSA) is 63.8 Å². The van der Waals surface area contributed by atoms with Crippen molar-refractivity contribution >= 4 is 23.0 Å². The lowest BCUT2D eigenvalue weighted by molar-refractivity contribution is 0.546. The van der Waals surface area contributed by atoms with Crippen LogP contribution in [0.5, 0.6) is 0 Å². The minimum atomic E-state index is -0.116. The molecule has 0 spiro atoms. The van der Waals surface area contributed by atoms with Crippen molar-refractivity contribution in [3.8, 4) is 0 Å². The van der Waals surface area contributed by atoms with Gasteiger partial charge in [0.05, 0.1) is 0 Å². The second-order valence-corrected chi connectivity index (χ2v) is 7.32. The van der Waals surface area contributed by atoms with Gasteiger partial charge in [0, 0.05) is 17.0 Å². The van der Waals surface area contributed by atoms with E-state index in [0.29, 0.717) is 11.9 Å². The maximum Gasteiger partial charge on any atom is 0.138 e. The third kappa shape index (κ3) is 3.94. The number of nitrogens with two attached hydrogens (primary N) is 1. The Labute approximate surface area is 130 Å². The van der Waals surface area contributed by atoms with Gasteiger partial charge in [-0.25, -0.2) is 9.97 Å². The third-order valence-electron chi connectivity index (χ3n) is 3.36. The summed E-state index contributed by atoms with van der Waals surface area (Å²) in [7, 11) is 0. The van der Waals surface area contributed by atoms with Crippen LogP contribution in [-0.2, 0) is 11.8 Å². The molecule has 2 heterocycles. The van der Waals surface area contributed by atoms with Gasteiger partial charge >= 0.3 is 0 Å². The Balaban J connectivity index is 2.20. The van der Waals surface area contributed by atoms with Crippen molar-refractivity contribution in [2.75, 3.05) is 11.1 Å². The number of hydrogen-bond donors (Lipinski definition) is 2. The van der Waals surface area contributed by atoms with Crippen LogP contribution in [-0.4, -0.2) is 16.0 Å². The van der Waals surface area contributed by atoms with E-state index in [1.54, 1.807) is 11.3 Å². The van der Waals surface area contributed by atoms with Crippen molar-refractivity contribution in [1.29, 1.82) is 0 Å². The van der Waals surface area contributed by atoms with E-state index >= 15 is 0 Å². The molecule has 0 saturated carbocycles. The van der Waals surface area contributed by atoms with Gasteiger partial charge in [0.2, 0.25) is 0 Å². The quantitative estimate of drug-likeness (QED) is 0.902. The van der Waals surface area contributed by atoms with Gasteiger partial charge in [0.15, 0.2) is 0 Å². The Morgan fingerprint density at radius 1 is 1.33 bits per heavy atom. The molecule has 2 rings (SSSR count). The smallest absolute Gasteiger partial charge is 0.138 e. The first-order valence-corrected chi connectivity index (χ1v) is 8.14. The van der Waals surface area contributed by atoms with Crippen molar-refractivity contribution in [3.05, 3.63) is 33.8 Å². The molecule has 0 saturated heterocycles. The molecule has 0 aliphatic carbocycles. The van der Waals surface area contributed by atoms with Crippen molar-refractivity contribution in [2.45, 2.75) is 52.5 Å². The summed E-state index contributed by atoms with van der Waals surface area (Å²) < 4.78 is 0. The molecule has 21 heavy (non-hydrogen) atoms. The molecule has 2 aromatic heterocycles. The number of nitrogen functional groups attached to an aromatic ring is 1. The maximum atomic E-state index is 6.04. The summed E-state index contributed by atoms with van der Waals surface area (Å²) in [5.74, 6) is 2.17. The van der Waals surface area contributed by atoms with Crippen molar-refractivity contribution in [1.82, 2.24) is 9.97 Å². The van der Waals surface area contributed by atoms with Crippen molar-refractivity contribution in [3.63, 3.8) is 0 Å². The molecule has 114 valence electrons. The number of nitrogens with one attached hydrogen (secondary N) is 1. The molecule has 1 unspecified atom stereocenters. The van der Waals surface area contributed by atoms with Crippen molar-refractivity contribution in [2.24, 2.45) is 0 Å². The first-order chi connectivity index (χ1) is 9.77. The van der Waals surface area contributed by atoms with Gasteiger partial charge in [-0.05, 0) is 42.7 Å². The van der Waals surface area contributed by atoms with Crippen LogP contribution >= 0.6 is 11.3 Å². The molecule has 2 aromatic rings. The Bertz CT molecular complexity index is 599. The Morgan fingerprint density at radius 3 is 2.62 bits per heavy atom. The highest BCUT2D eigenvalue weighted by Crippen LogP contribution is 2.25. The van der Waals surface area contributed by atoms with E-state index in [9.17, 15) is 0 Å². The molecule has 5 heteroatoms. The van der Waals surface area contributed by atoms with Gasteiger partial charge in [0.1, 0.15) is 17.5 Å². The van der Waals surface area contributed by atoms with E-state index in [4.69, 9.17) is 5.73 Å². The Kier molecular flexibility index (Phi) is 4.52. The molecule has 0 radical (unpaired) electrons. The van der Waals surface area contributed by atoms with E-state index in [-0.39, 0.29) is 5.41 Å². The van der Waals surface area contributed by atoms with Gasteiger partial charge in [-0.3, -0.25) is 0 Å². The number of thiophene rings is 1. The Morgan fingerprint density at radius 2 is 2.05 bits per heavy atom. The van der Waals surface area contributed by atoms with E-state index in [1.165, 1.54) is 5.56 Å². The summed E-state index contributed by atoms with van der Waals surface area (Å²) >= 11 is 1.73. The fourth-order valence-electron chi connectivity index (χ4n) is 2.06. The number of rotatable bonds is 4. The van der Waals surface area contributed by atoms with E-state index in [0.717, 1.165) is 23.6 Å². The van der Waals surface area contributed by atoms with Crippen LogP contribution in [0.4, 0.5) is 11.6 Å². The third-order valence-corrected chi connectivity index (χ3v) is 4.09. The zero-order valence-corrected chi connectivity index (χ0v) is 14.2. The zero-order chi connectivity index (χ0) is 15.6. The number of nitrogens with zero attached hydrogens (tertiary/aromatic N) is 2. The predicted molar refractivity (Wildman–Crippen MR) is 91.0 cm³/mol. The summed E-state index contributed by atoms with van der Waals surface area (Å²) in [4.78, 5) is 9.09. The van der Waals surface area contributed by atoms with Crippen LogP contribution in [0.1, 0.15) is 44.6 Å². The van der Waals surface area contributed by atoms with Crippen LogP contribution in [0.25, 0.3) is 0 Å². The highest BCUT2D eigenvalue weighted by atomic mass is 32.1. The van der Waals surface area contributed by atoms with E-state index in [1.807, 2.05) is 6.92 Å². The highest BCUT2D eigenvalue weighted by Gasteiger charge is 2.21.